The van der Waals surface area contributed by atoms with Gasteiger partial charge in [0.2, 0.25) is 0 Å². The van der Waals surface area contributed by atoms with Gasteiger partial charge in [-0.3, -0.25) is 5.32 Å². The maximum absolute atomic E-state index is 9.81. The smallest absolute Gasteiger partial charge is 0.406 e. The van der Waals surface area contributed by atoms with E-state index in [4.69, 9.17) is 10.2 Å². The molecule has 0 radical (unpaired) electrons. The SMILES string of the molecule is CCCC(O)NC(=O)O. The number of hydrogen-bond acceptors (Lipinski definition) is 2. The van der Waals surface area contributed by atoms with Gasteiger partial charge in [0.1, 0.15) is 6.23 Å². The number of carboxylic acid groups (broad SMARTS) is 1. The zero-order chi connectivity index (χ0) is 7.28. The normalized spacial score (nSPS) is 12.7. The van der Waals surface area contributed by atoms with E-state index >= 15 is 0 Å². The average Bonchev–Trinajstić information content (AvgIpc) is 1.63. The van der Waals surface area contributed by atoms with Crippen LogP contribution in [0.3, 0.4) is 0 Å². The summed E-state index contributed by atoms with van der Waals surface area (Å²) in [5.41, 5.74) is 0. The second kappa shape index (κ2) is 4.14. The van der Waals surface area contributed by atoms with Gasteiger partial charge in [-0.15, -0.1) is 0 Å². The molecular formula is C5H11NO3. The lowest BCUT2D eigenvalue weighted by Crippen LogP contribution is -2.32. The molecule has 0 spiro atoms. The second-order valence-electron chi connectivity index (χ2n) is 1.75. The first-order valence-corrected chi connectivity index (χ1v) is 2.84. The molecule has 1 unspecified atom stereocenters. The van der Waals surface area contributed by atoms with Crippen LogP contribution in [0.4, 0.5) is 4.79 Å². The van der Waals surface area contributed by atoms with E-state index in [0.29, 0.717) is 6.42 Å². The van der Waals surface area contributed by atoms with Gasteiger partial charge in [-0.05, 0) is 6.42 Å². The molecule has 0 heterocycles. The summed E-state index contributed by atoms with van der Waals surface area (Å²) in [5.74, 6) is 0. The molecule has 54 valence electrons. The van der Waals surface area contributed by atoms with Gasteiger partial charge in [-0.2, -0.15) is 0 Å². The van der Waals surface area contributed by atoms with Crippen molar-refractivity contribution < 1.29 is 15.0 Å². The Morgan fingerprint density at radius 1 is 1.78 bits per heavy atom. The van der Waals surface area contributed by atoms with E-state index < -0.39 is 12.3 Å². The Kier molecular flexibility index (Phi) is 3.79. The summed E-state index contributed by atoms with van der Waals surface area (Å²) in [7, 11) is 0. The number of carbonyl (C=O) groups is 1. The predicted molar refractivity (Wildman–Crippen MR) is 32.1 cm³/mol. The summed E-state index contributed by atoms with van der Waals surface area (Å²) < 4.78 is 0. The van der Waals surface area contributed by atoms with Gasteiger partial charge < -0.3 is 10.2 Å². The van der Waals surface area contributed by atoms with Crippen molar-refractivity contribution in [2.24, 2.45) is 0 Å². The molecule has 0 aliphatic carbocycles. The van der Waals surface area contributed by atoms with Gasteiger partial charge in [0.05, 0.1) is 0 Å². The molecule has 0 aliphatic heterocycles. The highest BCUT2D eigenvalue weighted by Gasteiger charge is 2.03. The fourth-order valence-corrected chi connectivity index (χ4v) is 0.488. The number of aliphatic hydroxyl groups is 1. The largest absolute Gasteiger partial charge is 0.465 e. The molecule has 0 bridgehead atoms. The van der Waals surface area contributed by atoms with Crippen molar-refractivity contribution in [3.8, 4) is 0 Å². The summed E-state index contributed by atoms with van der Waals surface area (Å²) in [6, 6.07) is 0. The van der Waals surface area contributed by atoms with Crippen LogP contribution in [0.2, 0.25) is 0 Å². The van der Waals surface area contributed by atoms with Crippen molar-refractivity contribution >= 4 is 6.09 Å². The van der Waals surface area contributed by atoms with E-state index in [1.54, 1.807) is 0 Å². The van der Waals surface area contributed by atoms with Gasteiger partial charge in [-0.25, -0.2) is 4.79 Å². The van der Waals surface area contributed by atoms with Crippen molar-refractivity contribution in [1.29, 1.82) is 0 Å². The second-order valence-corrected chi connectivity index (χ2v) is 1.75. The zero-order valence-electron chi connectivity index (χ0n) is 5.29. The highest BCUT2D eigenvalue weighted by Crippen LogP contribution is 1.90. The topological polar surface area (TPSA) is 69.6 Å². The van der Waals surface area contributed by atoms with Crippen molar-refractivity contribution in [2.45, 2.75) is 26.0 Å². The molecule has 4 nitrogen and oxygen atoms in total. The minimum Gasteiger partial charge on any atom is -0.465 e. The van der Waals surface area contributed by atoms with Gasteiger partial charge in [0.15, 0.2) is 0 Å². The fourth-order valence-electron chi connectivity index (χ4n) is 0.488. The van der Waals surface area contributed by atoms with E-state index in [1.807, 2.05) is 12.2 Å². The van der Waals surface area contributed by atoms with Crippen LogP contribution in [0, 0.1) is 0 Å². The molecule has 0 aromatic rings. The van der Waals surface area contributed by atoms with Gasteiger partial charge >= 0.3 is 6.09 Å². The number of aliphatic hydroxyl groups excluding tert-OH is 1. The highest BCUT2D eigenvalue weighted by atomic mass is 16.4. The van der Waals surface area contributed by atoms with E-state index in [2.05, 4.69) is 0 Å². The van der Waals surface area contributed by atoms with Crippen LogP contribution in [0.25, 0.3) is 0 Å². The van der Waals surface area contributed by atoms with E-state index in [9.17, 15) is 4.79 Å². The molecule has 0 saturated carbocycles. The van der Waals surface area contributed by atoms with Gasteiger partial charge in [0, 0.05) is 0 Å². The summed E-state index contributed by atoms with van der Waals surface area (Å²) in [5, 5.41) is 18.7. The molecule has 0 aromatic carbocycles. The quantitative estimate of drug-likeness (QED) is 0.487. The lowest BCUT2D eigenvalue weighted by atomic mass is 10.3. The molecule has 1 atom stereocenters. The van der Waals surface area contributed by atoms with Crippen LogP contribution in [0.1, 0.15) is 19.8 Å². The number of rotatable bonds is 3. The maximum Gasteiger partial charge on any atom is 0.406 e. The van der Waals surface area contributed by atoms with Crippen molar-refractivity contribution in [3.63, 3.8) is 0 Å². The Morgan fingerprint density at radius 2 is 2.33 bits per heavy atom. The third-order valence-corrected chi connectivity index (χ3v) is 0.852. The van der Waals surface area contributed by atoms with Crippen LogP contribution >= 0.6 is 0 Å². The third kappa shape index (κ3) is 5.10. The highest BCUT2D eigenvalue weighted by molar-refractivity contribution is 5.64. The molecule has 0 aliphatic rings. The first-order chi connectivity index (χ1) is 4.16. The lowest BCUT2D eigenvalue weighted by Gasteiger charge is -2.06. The first-order valence-electron chi connectivity index (χ1n) is 2.84. The summed E-state index contributed by atoms with van der Waals surface area (Å²) in [4.78, 5) is 9.81. The van der Waals surface area contributed by atoms with Crippen LogP contribution < -0.4 is 5.32 Å². The van der Waals surface area contributed by atoms with Crippen molar-refractivity contribution in [1.82, 2.24) is 5.32 Å². The Bertz CT molecular complexity index is 94.2. The molecule has 4 heteroatoms. The molecule has 9 heavy (non-hydrogen) atoms. The Hall–Kier alpha value is -0.770. The van der Waals surface area contributed by atoms with Crippen LogP contribution in [-0.2, 0) is 0 Å². The van der Waals surface area contributed by atoms with Crippen LogP contribution in [0.5, 0.6) is 0 Å². The third-order valence-electron chi connectivity index (χ3n) is 0.852. The predicted octanol–water partition coefficient (Wildman–Crippen LogP) is 0.372. The Morgan fingerprint density at radius 3 is 2.67 bits per heavy atom. The molecule has 3 N–H and O–H groups in total. The van der Waals surface area contributed by atoms with Crippen LogP contribution in [0.15, 0.2) is 0 Å². The zero-order valence-corrected chi connectivity index (χ0v) is 5.29. The van der Waals surface area contributed by atoms with E-state index in [-0.39, 0.29) is 0 Å². The minimum atomic E-state index is -1.18. The van der Waals surface area contributed by atoms with Gasteiger partial charge in [0.25, 0.3) is 0 Å². The average molecular weight is 133 g/mol. The lowest BCUT2D eigenvalue weighted by molar-refractivity contribution is 0.114. The van der Waals surface area contributed by atoms with E-state index in [1.165, 1.54) is 0 Å². The summed E-state index contributed by atoms with van der Waals surface area (Å²) in [6.45, 7) is 1.87. The molecule has 0 rings (SSSR count). The van der Waals surface area contributed by atoms with Crippen LogP contribution in [-0.4, -0.2) is 22.5 Å². The van der Waals surface area contributed by atoms with E-state index in [0.717, 1.165) is 6.42 Å². The number of amides is 1. The monoisotopic (exact) mass is 133 g/mol. The van der Waals surface area contributed by atoms with Crippen molar-refractivity contribution in [2.75, 3.05) is 0 Å². The fraction of sp³-hybridized carbons (Fsp3) is 0.800. The number of nitrogens with one attached hydrogen (secondary N) is 1. The molecule has 1 amide bonds. The summed E-state index contributed by atoms with van der Waals surface area (Å²) >= 11 is 0. The molecular weight excluding hydrogens is 122 g/mol. The molecule has 0 saturated heterocycles. The first kappa shape index (κ1) is 8.23. The number of hydrogen-bond donors (Lipinski definition) is 3. The van der Waals surface area contributed by atoms with Crippen molar-refractivity contribution in [3.05, 3.63) is 0 Å². The molecule has 0 fully saturated rings. The Labute approximate surface area is 53.5 Å². The molecule has 0 aromatic heterocycles. The minimum absolute atomic E-state index is 0.465. The standard InChI is InChI=1S/C5H11NO3/c1-2-3-4(7)6-5(8)9/h4,6-7H,2-3H2,1H3,(H,8,9). The Balaban J connectivity index is 3.26. The van der Waals surface area contributed by atoms with Gasteiger partial charge in [-0.1, -0.05) is 13.3 Å². The summed E-state index contributed by atoms with van der Waals surface area (Å²) in [6.07, 6.45) is -0.864. The maximum atomic E-state index is 9.81.